The third kappa shape index (κ3) is 5.66. The van der Waals surface area contributed by atoms with Crippen molar-refractivity contribution in [1.82, 2.24) is 25.3 Å². The van der Waals surface area contributed by atoms with E-state index in [-0.39, 0.29) is 23.6 Å². The first-order valence-corrected chi connectivity index (χ1v) is 11.5. The largest absolute Gasteiger partial charge is 0.489 e. The Bertz CT molecular complexity index is 1150. The van der Waals surface area contributed by atoms with Gasteiger partial charge < -0.3 is 19.7 Å². The van der Waals surface area contributed by atoms with Gasteiger partial charge in [-0.25, -0.2) is 15.0 Å². The highest BCUT2D eigenvalue weighted by Crippen LogP contribution is 2.28. The summed E-state index contributed by atoms with van der Waals surface area (Å²) in [6.45, 7) is 3.49. The molecule has 9 nitrogen and oxygen atoms in total. The van der Waals surface area contributed by atoms with E-state index in [9.17, 15) is 4.79 Å². The summed E-state index contributed by atoms with van der Waals surface area (Å²) >= 11 is 12.5. The minimum Gasteiger partial charge on any atom is -0.489 e. The van der Waals surface area contributed by atoms with Gasteiger partial charge in [0.05, 0.1) is 18.3 Å². The van der Waals surface area contributed by atoms with E-state index in [0.29, 0.717) is 35.6 Å². The summed E-state index contributed by atoms with van der Waals surface area (Å²) in [5.74, 6) is 1.48. The topological polar surface area (TPSA) is 102 Å². The highest BCUT2D eigenvalue weighted by molar-refractivity contribution is 6.31. The second-order valence-electron chi connectivity index (χ2n) is 7.78. The molecule has 1 saturated heterocycles. The molecule has 0 radical (unpaired) electrons. The molecule has 34 heavy (non-hydrogen) atoms. The lowest BCUT2D eigenvalue weighted by atomic mass is 10.1. The standard InChI is InChI=1S/C23H24Cl2N6O3/c1-14-20(25)29-21(23(32)28-11-15-5-8-26-13-18(15)24)30-22(14)31-9-6-16(7-10-31)34-17-3-4-19(33-2)27-12-17/h3-5,8,12-13,16H,6-7,9-11H2,1-2H3,(H,28,32). The molecule has 1 aliphatic rings. The number of methoxy groups -OCH3 is 1. The van der Waals surface area contributed by atoms with E-state index in [1.165, 1.54) is 6.20 Å². The number of carbonyl (C=O) groups is 1. The van der Waals surface area contributed by atoms with Crippen LogP contribution in [-0.2, 0) is 6.54 Å². The normalized spacial score (nSPS) is 14.1. The molecule has 4 rings (SSSR count). The van der Waals surface area contributed by atoms with E-state index in [4.69, 9.17) is 32.7 Å². The summed E-state index contributed by atoms with van der Waals surface area (Å²) in [5, 5.41) is 3.51. The van der Waals surface area contributed by atoms with E-state index in [2.05, 4.69) is 30.2 Å². The minimum absolute atomic E-state index is 0.0125. The lowest BCUT2D eigenvalue weighted by molar-refractivity contribution is 0.0940. The highest BCUT2D eigenvalue weighted by atomic mass is 35.5. The molecule has 1 aliphatic heterocycles. The monoisotopic (exact) mass is 502 g/mol. The molecule has 0 atom stereocenters. The number of hydrogen-bond acceptors (Lipinski definition) is 8. The molecular weight excluding hydrogens is 479 g/mol. The zero-order chi connectivity index (χ0) is 24.1. The summed E-state index contributed by atoms with van der Waals surface area (Å²) in [6, 6.07) is 5.35. The first-order valence-electron chi connectivity index (χ1n) is 10.8. The molecule has 4 heterocycles. The molecule has 178 valence electrons. The van der Waals surface area contributed by atoms with E-state index in [1.807, 2.05) is 13.0 Å². The molecule has 0 bridgehead atoms. The summed E-state index contributed by atoms with van der Waals surface area (Å²) in [7, 11) is 1.58. The Morgan fingerprint density at radius 3 is 2.65 bits per heavy atom. The lowest BCUT2D eigenvalue weighted by Gasteiger charge is -2.33. The van der Waals surface area contributed by atoms with Gasteiger partial charge in [-0.2, -0.15) is 0 Å². The number of hydrogen-bond donors (Lipinski definition) is 1. The van der Waals surface area contributed by atoms with E-state index in [1.54, 1.807) is 31.6 Å². The van der Waals surface area contributed by atoms with Crippen LogP contribution in [0.2, 0.25) is 10.2 Å². The summed E-state index contributed by atoms with van der Waals surface area (Å²) in [6.07, 6.45) is 6.42. The summed E-state index contributed by atoms with van der Waals surface area (Å²) < 4.78 is 11.1. The Kier molecular flexibility index (Phi) is 7.64. The van der Waals surface area contributed by atoms with Crippen LogP contribution in [0.25, 0.3) is 0 Å². The molecule has 3 aromatic rings. The van der Waals surface area contributed by atoms with E-state index in [0.717, 1.165) is 24.0 Å². The summed E-state index contributed by atoms with van der Waals surface area (Å²) in [4.78, 5) is 31.6. The zero-order valence-electron chi connectivity index (χ0n) is 18.8. The van der Waals surface area contributed by atoms with Crippen molar-refractivity contribution in [2.75, 3.05) is 25.1 Å². The Labute approximate surface area is 207 Å². The fourth-order valence-electron chi connectivity index (χ4n) is 3.62. The predicted octanol–water partition coefficient (Wildman–Crippen LogP) is 3.87. The Balaban J connectivity index is 1.40. The second kappa shape index (κ2) is 10.8. The molecule has 0 spiro atoms. The number of piperidine rings is 1. The van der Waals surface area contributed by atoms with Gasteiger partial charge in [0.15, 0.2) is 0 Å². The van der Waals surface area contributed by atoms with E-state index >= 15 is 0 Å². The molecule has 11 heteroatoms. The van der Waals surface area contributed by atoms with E-state index < -0.39 is 5.91 Å². The lowest BCUT2D eigenvalue weighted by Crippen LogP contribution is -2.39. The van der Waals surface area contributed by atoms with Crippen LogP contribution in [0.3, 0.4) is 0 Å². The predicted molar refractivity (Wildman–Crippen MR) is 129 cm³/mol. The van der Waals surface area contributed by atoms with Crippen LogP contribution in [0.4, 0.5) is 5.82 Å². The van der Waals surface area contributed by atoms with Crippen LogP contribution >= 0.6 is 23.2 Å². The molecule has 0 aromatic carbocycles. The van der Waals surface area contributed by atoms with Crippen LogP contribution in [0.1, 0.15) is 34.6 Å². The van der Waals surface area contributed by atoms with Gasteiger partial charge in [-0.1, -0.05) is 23.2 Å². The number of nitrogens with zero attached hydrogens (tertiary/aromatic N) is 5. The molecular formula is C23H24Cl2N6O3. The fourth-order valence-corrected chi connectivity index (χ4v) is 3.98. The van der Waals surface area contributed by atoms with Crippen LogP contribution in [0, 0.1) is 6.92 Å². The maximum absolute atomic E-state index is 12.7. The Morgan fingerprint density at radius 1 is 1.18 bits per heavy atom. The van der Waals surface area contributed by atoms with Gasteiger partial charge in [0.2, 0.25) is 11.7 Å². The average molecular weight is 503 g/mol. The molecule has 1 fully saturated rings. The van der Waals surface area contributed by atoms with Crippen LogP contribution in [-0.4, -0.2) is 52.1 Å². The van der Waals surface area contributed by atoms with Crippen molar-refractivity contribution in [2.24, 2.45) is 0 Å². The van der Waals surface area contributed by atoms with Crippen LogP contribution in [0.5, 0.6) is 11.6 Å². The molecule has 1 amide bonds. The average Bonchev–Trinajstić information content (AvgIpc) is 2.86. The van der Waals surface area contributed by atoms with Crippen molar-refractivity contribution in [1.29, 1.82) is 0 Å². The first-order chi connectivity index (χ1) is 16.4. The van der Waals surface area contributed by atoms with Gasteiger partial charge in [0.25, 0.3) is 5.91 Å². The van der Waals surface area contributed by atoms with Crippen molar-refractivity contribution < 1.29 is 14.3 Å². The van der Waals surface area contributed by atoms with Crippen LogP contribution < -0.4 is 19.7 Å². The van der Waals surface area contributed by atoms with Crippen molar-refractivity contribution in [3.63, 3.8) is 0 Å². The van der Waals surface area contributed by atoms with Gasteiger partial charge in [-0.15, -0.1) is 0 Å². The zero-order valence-corrected chi connectivity index (χ0v) is 20.3. The number of aromatic nitrogens is 4. The SMILES string of the molecule is COc1ccc(OC2CCN(c3nc(C(=O)NCc4ccncc4Cl)nc(Cl)c3C)CC2)cn1. The number of ether oxygens (including phenoxy) is 2. The van der Waals surface area contributed by atoms with Gasteiger partial charge in [0, 0.05) is 56.5 Å². The molecule has 0 aliphatic carbocycles. The highest BCUT2D eigenvalue weighted by Gasteiger charge is 2.25. The van der Waals surface area contributed by atoms with Crippen molar-refractivity contribution in [3.05, 3.63) is 63.9 Å². The van der Waals surface area contributed by atoms with Crippen LogP contribution in [0.15, 0.2) is 36.8 Å². The minimum atomic E-state index is -0.429. The summed E-state index contributed by atoms with van der Waals surface area (Å²) in [5.41, 5.74) is 1.48. The molecule has 0 saturated carbocycles. The number of nitrogens with one attached hydrogen (secondary N) is 1. The first kappa shape index (κ1) is 24.0. The van der Waals surface area contributed by atoms with Gasteiger partial charge in [0.1, 0.15) is 22.8 Å². The second-order valence-corrected chi connectivity index (χ2v) is 8.54. The molecule has 0 unspecified atom stereocenters. The molecule has 3 aromatic heterocycles. The third-order valence-electron chi connectivity index (χ3n) is 5.52. The number of rotatable bonds is 7. The smallest absolute Gasteiger partial charge is 0.289 e. The number of carbonyl (C=O) groups excluding carboxylic acids is 1. The maximum atomic E-state index is 12.7. The number of halogens is 2. The van der Waals surface area contributed by atoms with Crippen molar-refractivity contribution in [3.8, 4) is 11.6 Å². The number of pyridine rings is 2. The third-order valence-corrected chi connectivity index (χ3v) is 6.23. The van der Waals surface area contributed by atoms with Gasteiger partial charge in [-0.3, -0.25) is 9.78 Å². The quantitative estimate of drug-likeness (QED) is 0.485. The van der Waals surface area contributed by atoms with Gasteiger partial charge in [-0.05, 0) is 24.6 Å². The van der Waals surface area contributed by atoms with Gasteiger partial charge >= 0.3 is 0 Å². The Morgan fingerprint density at radius 2 is 1.97 bits per heavy atom. The molecule has 1 N–H and O–H groups in total. The van der Waals surface area contributed by atoms with Crippen molar-refractivity contribution in [2.45, 2.75) is 32.4 Å². The number of amides is 1. The number of anilines is 1. The Hall–Kier alpha value is -3.17. The fraction of sp³-hybridized carbons (Fsp3) is 0.348. The van der Waals surface area contributed by atoms with Crippen molar-refractivity contribution >= 4 is 34.9 Å². The maximum Gasteiger partial charge on any atom is 0.289 e.